The van der Waals surface area contributed by atoms with E-state index in [1.165, 1.54) is 23.5 Å². The molecule has 6 nitrogen and oxygen atoms in total. The molecule has 1 aliphatic rings. The lowest BCUT2D eigenvalue weighted by Crippen LogP contribution is -2.40. The molecule has 7 heteroatoms. The lowest BCUT2D eigenvalue weighted by Gasteiger charge is -2.26. The summed E-state index contributed by atoms with van der Waals surface area (Å²) in [5.41, 5.74) is 6.04. The molecule has 2 rings (SSSR count). The minimum atomic E-state index is -3.49. The predicted molar refractivity (Wildman–Crippen MR) is 67.0 cm³/mol. The number of ether oxygens (including phenoxy) is 2. The summed E-state index contributed by atoms with van der Waals surface area (Å²) in [5.74, 6) is 0.468. The summed E-state index contributed by atoms with van der Waals surface area (Å²) in [5, 5.41) is 0. The first-order chi connectivity index (χ1) is 8.55. The second-order valence-corrected chi connectivity index (χ2v) is 5.86. The first-order valence-corrected chi connectivity index (χ1v) is 7.01. The van der Waals surface area contributed by atoms with Gasteiger partial charge in [-0.25, -0.2) is 8.42 Å². The van der Waals surface area contributed by atoms with Crippen molar-refractivity contribution >= 4 is 15.7 Å². The van der Waals surface area contributed by atoms with Crippen LogP contribution in [0.1, 0.15) is 0 Å². The summed E-state index contributed by atoms with van der Waals surface area (Å²) in [6, 6.07) is 4.48. The van der Waals surface area contributed by atoms with Crippen molar-refractivity contribution in [2.75, 3.05) is 39.1 Å². The van der Waals surface area contributed by atoms with Gasteiger partial charge in [-0.2, -0.15) is 4.31 Å². The smallest absolute Gasteiger partial charge is 0.243 e. The van der Waals surface area contributed by atoms with E-state index < -0.39 is 10.0 Å². The molecule has 2 N–H and O–H groups in total. The van der Waals surface area contributed by atoms with Gasteiger partial charge in [0.25, 0.3) is 0 Å². The Bertz CT molecular complexity index is 524. The minimum absolute atomic E-state index is 0.183. The van der Waals surface area contributed by atoms with Crippen LogP contribution in [-0.2, 0) is 14.8 Å². The lowest BCUT2D eigenvalue weighted by atomic mass is 10.3. The van der Waals surface area contributed by atoms with Crippen LogP contribution < -0.4 is 10.5 Å². The van der Waals surface area contributed by atoms with Gasteiger partial charge in [-0.3, -0.25) is 0 Å². The van der Waals surface area contributed by atoms with Gasteiger partial charge in [-0.05, 0) is 18.2 Å². The number of nitrogens with two attached hydrogens (primary N) is 1. The van der Waals surface area contributed by atoms with Crippen LogP contribution in [0, 0.1) is 0 Å². The van der Waals surface area contributed by atoms with Crippen LogP contribution in [0.5, 0.6) is 5.75 Å². The van der Waals surface area contributed by atoms with Crippen LogP contribution in [0.2, 0.25) is 0 Å². The highest BCUT2D eigenvalue weighted by atomic mass is 32.2. The van der Waals surface area contributed by atoms with Crippen LogP contribution in [0.25, 0.3) is 0 Å². The molecule has 1 aromatic carbocycles. The molecule has 0 spiro atoms. The number of hydrogen-bond acceptors (Lipinski definition) is 5. The van der Waals surface area contributed by atoms with Crippen molar-refractivity contribution in [1.29, 1.82) is 0 Å². The summed E-state index contributed by atoms with van der Waals surface area (Å²) in [6.45, 7) is 1.58. The Morgan fingerprint density at radius 3 is 2.56 bits per heavy atom. The molecule has 0 aliphatic carbocycles. The summed E-state index contributed by atoms with van der Waals surface area (Å²) in [4.78, 5) is 0.183. The topological polar surface area (TPSA) is 81.9 Å². The summed E-state index contributed by atoms with van der Waals surface area (Å²) in [6.07, 6.45) is 0. The highest BCUT2D eigenvalue weighted by molar-refractivity contribution is 7.89. The van der Waals surface area contributed by atoms with Crippen molar-refractivity contribution < 1.29 is 17.9 Å². The Morgan fingerprint density at radius 2 is 2.00 bits per heavy atom. The first kappa shape index (κ1) is 13.1. The Labute approximate surface area is 106 Å². The van der Waals surface area contributed by atoms with Crippen LogP contribution in [0.3, 0.4) is 0 Å². The molecule has 1 saturated heterocycles. The average molecular weight is 272 g/mol. The average Bonchev–Trinajstić information content (AvgIpc) is 2.39. The van der Waals surface area contributed by atoms with Gasteiger partial charge >= 0.3 is 0 Å². The number of sulfonamides is 1. The zero-order valence-electron chi connectivity index (χ0n) is 10.1. The zero-order chi connectivity index (χ0) is 13.2. The lowest BCUT2D eigenvalue weighted by molar-refractivity contribution is 0.0730. The van der Waals surface area contributed by atoms with Gasteiger partial charge in [0, 0.05) is 13.1 Å². The van der Waals surface area contributed by atoms with E-state index in [2.05, 4.69) is 0 Å². The van der Waals surface area contributed by atoms with Crippen molar-refractivity contribution in [1.82, 2.24) is 4.31 Å². The summed E-state index contributed by atoms with van der Waals surface area (Å²) >= 11 is 0. The molecule has 1 fully saturated rings. The molecule has 0 saturated carbocycles. The third-order valence-electron chi connectivity index (χ3n) is 2.81. The molecule has 0 atom stereocenters. The molecule has 0 amide bonds. The highest BCUT2D eigenvalue weighted by Crippen LogP contribution is 2.26. The van der Waals surface area contributed by atoms with E-state index in [1.54, 1.807) is 6.07 Å². The van der Waals surface area contributed by atoms with Crippen molar-refractivity contribution in [3.63, 3.8) is 0 Å². The fourth-order valence-electron chi connectivity index (χ4n) is 1.81. The summed E-state index contributed by atoms with van der Waals surface area (Å²) < 4.78 is 36.2. The second-order valence-electron chi connectivity index (χ2n) is 3.92. The standard InChI is InChI=1S/C11H16N2O4S/c1-16-11-3-2-9(8-10(11)12)18(14,15)13-4-6-17-7-5-13/h2-3,8H,4-7,12H2,1H3. The third kappa shape index (κ3) is 2.43. The van der Waals surface area contributed by atoms with Gasteiger partial charge in [-0.1, -0.05) is 0 Å². The van der Waals surface area contributed by atoms with Crippen LogP contribution in [0.4, 0.5) is 5.69 Å². The zero-order valence-corrected chi connectivity index (χ0v) is 10.9. The normalized spacial score (nSPS) is 17.6. The number of benzene rings is 1. The number of nitrogen functional groups attached to an aromatic ring is 1. The Hall–Kier alpha value is -1.31. The van der Waals surface area contributed by atoms with Crippen LogP contribution in [0.15, 0.2) is 23.1 Å². The molecule has 1 aromatic rings. The van der Waals surface area contributed by atoms with Crippen molar-refractivity contribution in [3.8, 4) is 5.75 Å². The molecule has 0 radical (unpaired) electrons. The largest absolute Gasteiger partial charge is 0.495 e. The number of rotatable bonds is 3. The van der Waals surface area contributed by atoms with Crippen LogP contribution >= 0.6 is 0 Å². The van der Waals surface area contributed by atoms with Gasteiger partial charge < -0.3 is 15.2 Å². The van der Waals surface area contributed by atoms with E-state index in [0.29, 0.717) is 37.7 Å². The Morgan fingerprint density at radius 1 is 1.33 bits per heavy atom. The first-order valence-electron chi connectivity index (χ1n) is 5.57. The van der Waals surface area contributed by atoms with Crippen molar-refractivity contribution in [2.45, 2.75) is 4.90 Å². The predicted octanol–water partition coefficient (Wildman–Crippen LogP) is 0.298. The van der Waals surface area contributed by atoms with Gasteiger partial charge in [0.15, 0.2) is 0 Å². The quantitative estimate of drug-likeness (QED) is 0.800. The summed E-state index contributed by atoms with van der Waals surface area (Å²) in [7, 11) is -2.00. The van der Waals surface area contributed by atoms with Crippen LogP contribution in [-0.4, -0.2) is 46.1 Å². The maximum atomic E-state index is 12.3. The fourth-order valence-corrected chi connectivity index (χ4v) is 3.25. The number of nitrogens with zero attached hydrogens (tertiary/aromatic N) is 1. The van der Waals surface area contributed by atoms with Gasteiger partial charge in [0.1, 0.15) is 5.75 Å². The molecule has 100 valence electrons. The molecule has 1 aliphatic heterocycles. The molecule has 0 unspecified atom stereocenters. The van der Waals surface area contributed by atoms with Crippen molar-refractivity contribution in [3.05, 3.63) is 18.2 Å². The molecular formula is C11H16N2O4S. The number of anilines is 1. The van der Waals surface area contributed by atoms with Gasteiger partial charge in [-0.15, -0.1) is 0 Å². The van der Waals surface area contributed by atoms with Crippen molar-refractivity contribution in [2.24, 2.45) is 0 Å². The maximum absolute atomic E-state index is 12.3. The molecule has 1 heterocycles. The highest BCUT2D eigenvalue weighted by Gasteiger charge is 2.26. The van der Waals surface area contributed by atoms with E-state index in [4.69, 9.17) is 15.2 Å². The molecule has 0 bridgehead atoms. The maximum Gasteiger partial charge on any atom is 0.243 e. The van der Waals surface area contributed by atoms with E-state index >= 15 is 0 Å². The van der Waals surface area contributed by atoms with E-state index in [-0.39, 0.29) is 4.90 Å². The number of hydrogen-bond donors (Lipinski definition) is 1. The van der Waals surface area contributed by atoms with Gasteiger partial charge in [0.05, 0.1) is 30.9 Å². The van der Waals surface area contributed by atoms with Gasteiger partial charge in [0.2, 0.25) is 10.0 Å². The fraction of sp³-hybridized carbons (Fsp3) is 0.455. The molecular weight excluding hydrogens is 256 g/mol. The SMILES string of the molecule is COc1ccc(S(=O)(=O)N2CCOCC2)cc1N. The Kier molecular flexibility index (Phi) is 3.74. The minimum Gasteiger partial charge on any atom is -0.495 e. The van der Waals surface area contributed by atoms with E-state index in [0.717, 1.165) is 0 Å². The molecule has 18 heavy (non-hydrogen) atoms. The third-order valence-corrected chi connectivity index (χ3v) is 4.70. The monoisotopic (exact) mass is 272 g/mol. The van der Waals surface area contributed by atoms with E-state index in [1.807, 2.05) is 0 Å². The number of morpholine rings is 1. The van der Waals surface area contributed by atoms with E-state index in [9.17, 15) is 8.42 Å². The second kappa shape index (κ2) is 5.13. The Balaban J connectivity index is 2.32. The molecule has 0 aromatic heterocycles. The number of methoxy groups -OCH3 is 1.